The topological polar surface area (TPSA) is 0 Å². The molecule has 266 valence electrons. The van der Waals surface area contributed by atoms with Crippen molar-refractivity contribution in [3.8, 4) is 0 Å². The highest BCUT2D eigenvalue weighted by Gasteiger charge is 2.11. The van der Waals surface area contributed by atoms with E-state index in [-0.39, 0.29) is 0 Å². The lowest BCUT2D eigenvalue weighted by atomic mass is 9.93. The predicted molar refractivity (Wildman–Crippen MR) is 217 cm³/mol. The molecule has 0 bridgehead atoms. The fourth-order valence-corrected chi connectivity index (χ4v) is 8.65. The number of rotatable bonds is 30. The van der Waals surface area contributed by atoms with Gasteiger partial charge in [0.15, 0.2) is 0 Å². The van der Waals surface area contributed by atoms with Crippen LogP contribution >= 0.6 is 11.3 Å². The summed E-state index contributed by atoms with van der Waals surface area (Å²) in [5.74, 6) is 1.24. The average molecular weight is 661 g/mol. The van der Waals surface area contributed by atoms with Crippen LogP contribution in [-0.2, 0) is 0 Å². The van der Waals surface area contributed by atoms with Gasteiger partial charge in [-0.1, -0.05) is 213 Å². The van der Waals surface area contributed by atoms with Gasteiger partial charge in [0.2, 0.25) is 0 Å². The first-order valence-electron chi connectivity index (χ1n) is 21.1. The van der Waals surface area contributed by atoms with Crippen LogP contribution in [0.4, 0.5) is 0 Å². The Bertz CT molecular complexity index is 1170. The van der Waals surface area contributed by atoms with Crippen LogP contribution in [0.2, 0.25) is 0 Å². The molecule has 0 aliphatic heterocycles. The lowest BCUT2D eigenvalue weighted by molar-refractivity contribution is 0.512. The second kappa shape index (κ2) is 25.6. The number of thiophene rings is 1. The molecule has 1 atom stereocenters. The molecule has 1 heterocycles. The van der Waals surface area contributed by atoms with Crippen LogP contribution in [0.15, 0.2) is 36.4 Å². The molecule has 1 heteroatoms. The molecule has 0 aliphatic carbocycles. The van der Waals surface area contributed by atoms with Gasteiger partial charge < -0.3 is 0 Å². The lowest BCUT2D eigenvalue weighted by Crippen LogP contribution is -1.94. The summed E-state index contributed by atoms with van der Waals surface area (Å²) in [6.45, 7) is 9.35. The van der Waals surface area contributed by atoms with Crippen molar-refractivity contribution < 1.29 is 0 Å². The molecule has 3 aromatic rings. The molecule has 0 saturated heterocycles. The second-order valence-electron chi connectivity index (χ2n) is 15.7. The van der Waals surface area contributed by atoms with Crippen LogP contribution in [0.3, 0.4) is 0 Å². The Kier molecular flexibility index (Phi) is 21.8. The van der Waals surface area contributed by atoms with Crippen molar-refractivity contribution in [1.29, 1.82) is 0 Å². The van der Waals surface area contributed by atoms with E-state index in [0.29, 0.717) is 11.8 Å². The Balaban J connectivity index is 1.06. The van der Waals surface area contributed by atoms with Crippen molar-refractivity contribution in [2.45, 2.75) is 219 Å². The van der Waals surface area contributed by atoms with Gasteiger partial charge >= 0.3 is 0 Å². The first-order valence-corrected chi connectivity index (χ1v) is 21.9. The van der Waals surface area contributed by atoms with Crippen molar-refractivity contribution in [3.63, 3.8) is 0 Å². The molecule has 0 radical (unpaired) electrons. The monoisotopic (exact) mass is 661 g/mol. The molecule has 2 aromatic carbocycles. The summed E-state index contributed by atoms with van der Waals surface area (Å²) < 4.78 is 2.87. The summed E-state index contributed by atoms with van der Waals surface area (Å²) in [4.78, 5) is 0. The zero-order chi connectivity index (χ0) is 33.4. The predicted octanol–water partition coefficient (Wildman–Crippen LogP) is 17.2. The molecule has 1 aromatic heterocycles. The van der Waals surface area contributed by atoms with E-state index in [1.165, 1.54) is 211 Å². The zero-order valence-electron chi connectivity index (χ0n) is 31.8. The van der Waals surface area contributed by atoms with E-state index < -0.39 is 0 Å². The van der Waals surface area contributed by atoms with Crippen molar-refractivity contribution in [2.75, 3.05) is 0 Å². The molecule has 1 unspecified atom stereocenters. The first kappa shape index (κ1) is 40.1. The summed E-state index contributed by atoms with van der Waals surface area (Å²) in [5, 5.41) is 2.93. The summed E-state index contributed by atoms with van der Waals surface area (Å²) in [6, 6.07) is 14.4. The van der Waals surface area contributed by atoms with E-state index in [0.717, 1.165) is 0 Å². The highest BCUT2D eigenvalue weighted by Crippen LogP contribution is 2.37. The van der Waals surface area contributed by atoms with Gasteiger partial charge in [0.05, 0.1) is 0 Å². The Labute approximate surface area is 297 Å². The van der Waals surface area contributed by atoms with Crippen LogP contribution < -0.4 is 0 Å². The van der Waals surface area contributed by atoms with Gasteiger partial charge in [-0.15, -0.1) is 11.3 Å². The second-order valence-corrected chi connectivity index (χ2v) is 16.7. The van der Waals surface area contributed by atoms with Crippen molar-refractivity contribution in [1.82, 2.24) is 0 Å². The fourth-order valence-electron chi connectivity index (χ4n) is 7.59. The van der Waals surface area contributed by atoms with E-state index in [1.54, 1.807) is 0 Å². The molecule has 47 heavy (non-hydrogen) atoms. The van der Waals surface area contributed by atoms with Gasteiger partial charge in [0.25, 0.3) is 0 Å². The van der Waals surface area contributed by atoms with E-state index in [1.807, 2.05) is 11.3 Å². The van der Waals surface area contributed by atoms with Crippen LogP contribution in [0.5, 0.6) is 0 Å². The maximum absolute atomic E-state index is 2.50. The van der Waals surface area contributed by atoms with Gasteiger partial charge in [-0.05, 0) is 53.6 Å². The third-order valence-electron chi connectivity index (χ3n) is 11.0. The fraction of sp³-hybridized carbons (Fsp3) is 0.739. The van der Waals surface area contributed by atoms with E-state index >= 15 is 0 Å². The molecular weight excluding hydrogens is 585 g/mol. The largest absolute Gasteiger partial charge is 0.135 e. The first-order chi connectivity index (χ1) is 23.1. The number of hydrogen-bond acceptors (Lipinski definition) is 1. The van der Waals surface area contributed by atoms with E-state index in [2.05, 4.69) is 64.1 Å². The Morgan fingerprint density at radius 2 is 0.723 bits per heavy atom. The standard InChI is InChI=1S/C46H76S/c1-5-6-7-8-9-10-11-12-13-14-15-16-17-18-19-20-21-22-23-24-25-26-27-28-29-30-31-32-40(4)42-34-36-46-44(38-42)43-37-41(39(2)3)33-35-45(43)47-46/h33-40H,5-32H2,1-4H3. The minimum atomic E-state index is 0.583. The molecule has 0 nitrogen and oxygen atoms in total. The number of hydrogen-bond donors (Lipinski definition) is 0. The molecule has 0 spiro atoms. The Hall–Kier alpha value is -1.34. The van der Waals surface area contributed by atoms with Crippen LogP contribution in [0.1, 0.15) is 230 Å². The zero-order valence-corrected chi connectivity index (χ0v) is 32.6. The van der Waals surface area contributed by atoms with Gasteiger partial charge in [-0.25, -0.2) is 0 Å². The Morgan fingerprint density at radius 3 is 1.09 bits per heavy atom. The normalized spacial score (nSPS) is 12.6. The highest BCUT2D eigenvalue weighted by molar-refractivity contribution is 7.25. The van der Waals surface area contributed by atoms with Crippen molar-refractivity contribution in [3.05, 3.63) is 47.5 Å². The molecule has 0 saturated carbocycles. The van der Waals surface area contributed by atoms with Crippen LogP contribution in [-0.4, -0.2) is 0 Å². The van der Waals surface area contributed by atoms with Crippen LogP contribution in [0.25, 0.3) is 20.2 Å². The lowest BCUT2D eigenvalue weighted by Gasteiger charge is -2.12. The van der Waals surface area contributed by atoms with E-state index in [4.69, 9.17) is 0 Å². The maximum Gasteiger partial charge on any atom is 0.0355 e. The smallest absolute Gasteiger partial charge is 0.0355 e. The quantitative estimate of drug-likeness (QED) is 0.0624. The highest BCUT2D eigenvalue weighted by atomic mass is 32.1. The molecular formula is C46H76S. The van der Waals surface area contributed by atoms with Gasteiger partial charge in [0, 0.05) is 20.2 Å². The molecule has 0 N–H and O–H groups in total. The van der Waals surface area contributed by atoms with Gasteiger partial charge in [0.1, 0.15) is 0 Å². The van der Waals surface area contributed by atoms with Crippen molar-refractivity contribution in [2.24, 2.45) is 0 Å². The number of unbranched alkanes of at least 4 members (excludes halogenated alkanes) is 26. The average Bonchev–Trinajstić information content (AvgIpc) is 3.45. The maximum atomic E-state index is 2.50. The summed E-state index contributed by atoms with van der Waals surface area (Å²) >= 11 is 1.95. The van der Waals surface area contributed by atoms with Gasteiger partial charge in [-0.2, -0.15) is 0 Å². The molecule has 0 aliphatic rings. The molecule has 3 rings (SSSR count). The number of benzene rings is 2. The van der Waals surface area contributed by atoms with Crippen molar-refractivity contribution >= 4 is 31.5 Å². The Morgan fingerprint density at radius 1 is 0.404 bits per heavy atom. The SMILES string of the molecule is CCCCCCCCCCCCCCCCCCCCCCCCCCCCCC(C)c1ccc2sc3ccc(C(C)C)cc3c2c1. The summed E-state index contributed by atoms with van der Waals surface area (Å²) in [5.41, 5.74) is 2.98. The third-order valence-corrected chi connectivity index (χ3v) is 12.1. The summed E-state index contributed by atoms with van der Waals surface area (Å²) in [7, 11) is 0. The van der Waals surface area contributed by atoms with Gasteiger partial charge in [-0.3, -0.25) is 0 Å². The van der Waals surface area contributed by atoms with E-state index in [9.17, 15) is 0 Å². The molecule has 0 fully saturated rings. The summed E-state index contributed by atoms with van der Waals surface area (Å²) in [6.07, 6.45) is 40.8. The number of fused-ring (bicyclic) bond motifs is 3. The van der Waals surface area contributed by atoms with Crippen LogP contribution in [0, 0.1) is 0 Å². The minimum absolute atomic E-state index is 0.583. The third kappa shape index (κ3) is 16.7. The minimum Gasteiger partial charge on any atom is -0.135 e. The molecule has 0 amide bonds.